The van der Waals surface area contributed by atoms with Gasteiger partial charge in [0, 0.05) is 5.39 Å². The lowest BCUT2D eigenvalue weighted by Gasteiger charge is -2.40. The first kappa shape index (κ1) is 21.2. The van der Waals surface area contributed by atoms with Crippen LogP contribution in [0.3, 0.4) is 0 Å². The first-order chi connectivity index (χ1) is 15.1. The molecule has 0 N–H and O–H groups in total. The maximum absolute atomic E-state index is 14.1. The van der Waals surface area contributed by atoms with Crippen molar-refractivity contribution in [3.63, 3.8) is 0 Å². The Labute approximate surface area is 186 Å². The van der Waals surface area contributed by atoms with Crippen LogP contribution in [0, 0.1) is 35.3 Å². The third-order valence-corrected chi connectivity index (χ3v) is 8.74. The molecule has 31 heavy (non-hydrogen) atoms. The molecule has 0 radical (unpaired) electrons. The Bertz CT molecular complexity index is 951. The van der Waals surface area contributed by atoms with Crippen LogP contribution < -0.4 is 0 Å². The van der Waals surface area contributed by atoms with E-state index in [-0.39, 0.29) is 0 Å². The summed E-state index contributed by atoms with van der Waals surface area (Å²) in [5, 5.41) is 1.22. The van der Waals surface area contributed by atoms with E-state index in [2.05, 4.69) is 19.1 Å². The molecule has 0 unspecified atom stereocenters. The quantitative estimate of drug-likeness (QED) is 0.431. The van der Waals surface area contributed by atoms with Gasteiger partial charge in [-0.1, -0.05) is 55.7 Å². The SMILES string of the molecule is CCCC1CCC(C2=C[C@H]3CC[C@H](c4ccc5c(F)c(F)ccc5c4)C[C@@H]3CC2)CC1. The van der Waals surface area contributed by atoms with E-state index in [1.807, 2.05) is 6.07 Å². The minimum Gasteiger partial charge on any atom is -0.204 e. The van der Waals surface area contributed by atoms with Crippen LogP contribution in [0.15, 0.2) is 42.0 Å². The van der Waals surface area contributed by atoms with E-state index < -0.39 is 11.6 Å². The molecule has 166 valence electrons. The molecule has 0 heterocycles. The van der Waals surface area contributed by atoms with Crippen LogP contribution in [-0.2, 0) is 0 Å². The highest BCUT2D eigenvalue weighted by Gasteiger charge is 2.34. The Morgan fingerprint density at radius 1 is 0.871 bits per heavy atom. The lowest BCUT2D eigenvalue weighted by Crippen LogP contribution is -2.28. The smallest absolute Gasteiger partial charge is 0.166 e. The predicted molar refractivity (Wildman–Crippen MR) is 125 cm³/mol. The molecule has 5 rings (SSSR count). The standard InChI is InChI=1S/C29H36F2/c1-2-3-19-4-6-20(7-5-19)21-8-9-23-17-24(11-10-22(23)16-21)25-12-14-27-26(18-25)13-15-28(30)29(27)31/h12-16,18-20,22-24H,2-11,17H2,1H3/t19?,20?,22-,23+,24+/m1/s1. The summed E-state index contributed by atoms with van der Waals surface area (Å²) in [5.41, 5.74) is 3.10. The van der Waals surface area contributed by atoms with Gasteiger partial charge < -0.3 is 0 Å². The van der Waals surface area contributed by atoms with Crippen molar-refractivity contribution in [1.82, 2.24) is 0 Å². The van der Waals surface area contributed by atoms with Crippen molar-refractivity contribution >= 4 is 10.8 Å². The molecule has 0 nitrogen and oxygen atoms in total. The van der Waals surface area contributed by atoms with Crippen LogP contribution in [0.2, 0.25) is 0 Å². The Balaban J connectivity index is 1.25. The number of hydrogen-bond donors (Lipinski definition) is 0. The molecule has 0 bridgehead atoms. The lowest BCUT2D eigenvalue weighted by molar-refractivity contribution is 0.217. The van der Waals surface area contributed by atoms with Crippen molar-refractivity contribution in [2.45, 2.75) is 83.5 Å². The fourth-order valence-electron chi connectivity index (χ4n) is 6.96. The van der Waals surface area contributed by atoms with E-state index in [1.165, 1.54) is 82.3 Å². The Kier molecular flexibility index (Phi) is 6.17. The molecule has 0 aromatic heterocycles. The molecule has 2 aromatic rings. The van der Waals surface area contributed by atoms with E-state index in [1.54, 1.807) is 17.7 Å². The number of benzene rings is 2. The van der Waals surface area contributed by atoms with Crippen LogP contribution in [0.5, 0.6) is 0 Å². The zero-order valence-electron chi connectivity index (χ0n) is 18.9. The van der Waals surface area contributed by atoms with Crippen molar-refractivity contribution < 1.29 is 8.78 Å². The number of rotatable bonds is 4. The number of halogens is 2. The summed E-state index contributed by atoms with van der Waals surface area (Å²) in [5.74, 6) is 2.48. The van der Waals surface area contributed by atoms with E-state index >= 15 is 0 Å². The van der Waals surface area contributed by atoms with Gasteiger partial charge in [-0.15, -0.1) is 0 Å². The Morgan fingerprint density at radius 3 is 2.48 bits per heavy atom. The molecule has 2 fully saturated rings. The summed E-state index contributed by atoms with van der Waals surface area (Å²) < 4.78 is 27.6. The third kappa shape index (κ3) is 4.32. The van der Waals surface area contributed by atoms with Gasteiger partial charge in [0.05, 0.1) is 0 Å². The molecule has 0 spiro atoms. The normalized spacial score (nSPS) is 31.3. The molecule has 2 saturated carbocycles. The molecular formula is C29H36F2. The second-order valence-corrected chi connectivity index (χ2v) is 10.6. The maximum Gasteiger partial charge on any atom is 0.166 e. The van der Waals surface area contributed by atoms with Crippen LogP contribution in [0.1, 0.15) is 89.0 Å². The topological polar surface area (TPSA) is 0 Å². The predicted octanol–water partition coefficient (Wildman–Crippen LogP) is 8.94. The molecule has 2 heteroatoms. The first-order valence-corrected chi connectivity index (χ1v) is 12.7. The molecule has 0 amide bonds. The average molecular weight is 423 g/mol. The summed E-state index contributed by atoms with van der Waals surface area (Å²) in [6.07, 6.45) is 17.6. The van der Waals surface area contributed by atoms with Gasteiger partial charge in [0.2, 0.25) is 0 Å². The number of allylic oxidation sites excluding steroid dienone is 2. The zero-order valence-corrected chi connectivity index (χ0v) is 18.9. The third-order valence-electron chi connectivity index (χ3n) is 8.74. The highest BCUT2D eigenvalue weighted by atomic mass is 19.2. The highest BCUT2D eigenvalue weighted by molar-refractivity contribution is 5.84. The highest BCUT2D eigenvalue weighted by Crippen LogP contribution is 2.48. The Hall–Kier alpha value is -1.70. The van der Waals surface area contributed by atoms with Gasteiger partial charge in [0.15, 0.2) is 11.6 Å². The first-order valence-electron chi connectivity index (χ1n) is 12.7. The van der Waals surface area contributed by atoms with Crippen molar-refractivity contribution in [2.24, 2.45) is 23.7 Å². The molecule has 3 aliphatic rings. The van der Waals surface area contributed by atoms with Gasteiger partial charge in [-0.2, -0.15) is 0 Å². The van der Waals surface area contributed by atoms with Crippen LogP contribution >= 0.6 is 0 Å². The van der Waals surface area contributed by atoms with Crippen LogP contribution in [-0.4, -0.2) is 0 Å². The average Bonchev–Trinajstić information content (AvgIpc) is 2.81. The van der Waals surface area contributed by atoms with E-state index in [9.17, 15) is 8.78 Å². The molecule has 3 aliphatic carbocycles. The van der Waals surface area contributed by atoms with Crippen molar-refractivity contribution in [2.75, 3.05) is 0 Å². The summed E-state index contributed by atoms with van der Waals surface area (Å²) in [6, 6.07) is 8.88. The van der Waals surface area contributed by atoms with Crippen molar-refractivity contribution in [3.8, 4) is 0 Å². The monoisotopic (exact) mass is 422 g/mol. The maximum atomic E-state index is 14.1. The summed E-state index contributed by atoms with van der Waals surface area (Å²) in [7, 11) is 0. The van der Waals surface area contributed by atoms with Crippen LogP contribution in [0.25, 0.3) is 10.8 Å². The minimum atomic E-state index is -0.760. The van der Waals surface area contributed by atoms with Crippen LogP contribution in [0.4, 0.5) is 8.78 Å². The van der Waals surface area contributed by atoms with Gasteiger partial charge >= 0.3 is 0 Å². The second kappa shape index (κ2) is 9.04. The van der Waals surface area contributed by atoms with Gasteiger partial charge in [0.1, 0.15) is 0 Å². The largest absolute Gasteiger partial charge is 0.204 e. The number of fused-ring (bicyclic) bond motifs is 2. The molecule has 2 aromatic carbocycles. The summed E-state index contributed by atoms with van der Waals surface area (Å²) in [4.78, 5) is 0. The van der Waals surface area contributed by atoms with Gasteiger partial charge in [0.25, 0.3) is 0 Å². The fourth-order valence-corrected chi connectivity index (χ4v) is 6.96. The van der Waals surface area contributed by atoms with Gasteiger partial charge in [-0.05, 0) is 104 Å². The molecular weight excluding hydrogens is 386 g/mol. The molecule has 0 aliphatic heterocycles. The summed E-state index contributed by atoms with van der Waals surface area (Å²) in [6.45, 7) is 2.32. The van der Waals surface area contributed by atoms with Gasteiger partial charge in [-0.3, -0.25) is 0 Å². The van der Waals surface area contributed by atoms with E-state index in [4.69, 9.17) is 0 Å². The lowest BCUT2D eigenvalue weighted by atomic mass is 9.65. The molecule has 0 saturated heterocycles. The second-order valence-electron chi connectivity index (χ2n) is 10.6. The van der Waals surface area contributed by atoms with Crippen molar-refractivity contribution in [3.05, 3.63) is 59.2 Å². The van der Waals surface area contributed by atoms with Crippen molar-refractivity contribution in [1.29, 1.82) is 0 Å². The fraction of sp³-hybridized carbons (Fsp3) is 0.586. The van der Waals surface area contributed by atoms with E-state index in [0.717, 1.165) is 29.1 Å². The zero-order chi connectivity index (χ0) is 21.4. The summed E-state index contributed by atoms with van der Waals surface area (Å²) >= 11 is 0. The molecule has 3 atom stereocenters. The minimum absolute atomic E-state index is 0.399. The Morgan fingerprint density at radius 2 is 1.68 bits per heavy atom. The van der Waals surface area contributed by atoms with E-state index in [0.29, 0.717) is 11.3 Å². The van der Waals surface area contributed by atoms with Gasteiger partial charge in [-0.25, -0.2) is 8.78 Å². The number of hydrogen-bond acceptors (Lipinski definition) is 0.